The number of aromatic nitrogens is 3. The van der Waals surface area contributed by atoms with Crippen molar-refractivity contribution in [1.29, 1.82) is 0 Å². The normalized spacial score (nSPS) is 10.1. The molecule has 1 N–H and O–H groups in total. The van der Waals surface area contributed by atoms with Gasteiger partial charge in [-0.05, 0) is 47.8 Å². The predicted molar refractivity (Wildman–Crippen MR) is 94.6 cm³/mol. The van der Waals surface area contributed by atoms with Crippen molar-refractivity contribution in [3.05, 3.63) is 64.0 Å². The zero-order valence-electron chi connectivity index (χ0n) is 13.4. The summed E-state index contributed by atoms with van der Waals surface area (Å²) in [6.45, 7) is 6.69. The number of aryl methyl sites for hydroxylation is 2. The quantitative estimate of drug-likeness (QED) is 0.745. The van der Waals surface area contributed by atoms with Crippen molar-refractivity contribution in [2.75, 3.05) is 6.54 Å². The van der Waals surface area contributed by atoms with Gasteiger partial charge in [-0.1, -0.05) is 24.3 Å². The van der Waals surface area contributed by atoms with Crippen LogP contribution in [0.1, 0.15) is 28.5 Å². The Morgan fingerprint density at radius 3 is 2.48 bits per heavy atom. The van der Waals surface area contributed by atoms with Crippen molar-refractivity contribution in [2.24, 2.45) is 0 Å². The monoisotopic (exact) mass is 374 g/mol. The molecule has 3 rings (SSSR count). The molecule has 1 aromatic carbocycles. The van der Waals surface area contributed by atoms with Crippen LogP contribution in [0.3, 0.4) is 0 Å². The number of halogens is 1. The molecule has 0 saturated heterocycles. The second-order valence-corrected chi connectivity index (χ2v) is 5.96. The fourth-order valence-corrected chi connectivity index (χ4v) is 2.18. The van der Waals surface area contributed by atoms with Gasteiger partial charge in [0.15, 0.2) is 11.3 Å². The molecule has 0 radical (unpaired) electrons. The molecule has 120 valence electrons. The Balaban J connectivity index is 0.000000203. The number of nitrogens with zero attached hydrogens (tertiary/aromatic N) is 3. The minimum Gasteiger partial charge on any atom is -0.351 e. The van der Waals surface area contributed by atoms with Gasteiger partial charge in [0.25, 0.3) is 5.91 Å². The lowest BCUT2D eigenvalue weighted by molar-refractivity contribution is 0.0950. The minimum atomic E-state index is -0.181. The molecule has 0 unspecified atom stereocenters. The van der Waals surface area contributed by atoms with Crippen molar-refractivity contribution in [3.63, 3.8) is 0 Å². The number of hydrogen-bond donors (Lipinski definition) is 1. The van der Waals surface area contributed by atoms with Crippen LogP contribution in [0, 0.1) is 13.8 Å². The molecule has 0 aliphatic heterocycles. The fraction of sp³-hybridized carbons (Fsp3) is 0.235. The summed E-state index contributed by atoms with van der Waals surface area (Å²) in [4.78, 5) is 15.6. The molecule has 0 saturated carbocycles. The Labute approximate surface area is 143 Å². The number of fused-ring (bicyclic) bond motifs is 1. The molecule has 2 heterocycles. The SMILES string of the molecule is CCNC(=O)c1cc2ncc(Br)cn2n1.Cc1ccccc1C. The zero-order chi connectivity index (χ0) is 16.8. The predicted octanol–water partition coefficient (Wildman–Crippen LogP) is 3.54. The van der Waals surface area contributed by atoms with Gasteiger partial charge >= 0.3 is 0 Å². The summed E-state index contributed by atoms with van der Waals surface area (Å²) in [6, 6.07) is 10.0. The van der Waals surface area contributed by atoms with Crippen LogP contribution in [-0.4, -0.2) is 27.0 Å². The summed E-state index contributed by atoms with van der Waals surface area (Å²) in [5, 5.41) is 6.79. The molecular formula is C17H19BrN4O. The van der Waals surface area contributed by atoms with Crippen LogP contribution >= 0.6 is 15.9 Å². The van der Waals surface area contributed by atoms with Gasteiger partial charge in [-0.15, -0.1) is 0 Å². The first-order chi connectivity index (χ1) is 11.0. The van der Waals surface area contributed by atoms with E-state index in [1.54, 1.807) is 23.0 Å². The van der Waals surface area contributed by atoms with Crippen LogP contribution in [0.4, 0.5) is 0 Å². The lowest BCUT2D eigenvalue weighted by Gasteiger charge is -1.95. The molecule has 5 nitrogen and oxygen atoms in total. The summed E-state index contributed by atoms with van der Waals surface area (Å²) in [5.74, 6) is -0.181. The molecule has 0 aliphatic rings. The highest BCUT2D eigenvalue weighted by molar-refractivity contribution is 9.10. The number of carbonyl (C=O) groups excluding carboxylic acids is 1. The van der Waals surface area contributed by atoms with E-state index in [2.05, 4.69) is 69.4 Å². The van der Waals surface area contributed by atoms with E-state index >= 15 is 0 Å². The maximum Gasteiger partial charge on any atom is 0.271 e. The maximum atomic E-state index is 11.5. The Morgan fingerprint density at radius 2 is 1.91 bits per heavy atom. The molecule has 6 heteroatoms. The maximum absolute atomic E-state index is 11.5. The standard InChI is InChI=1S/C9H9BrN4O.C8H10/c1-2-11-9(15)7-3-8-12-4-6(10)5-14(8)13-7;1-7-5-3-4-6-8(7)2/h3-5H,2H2,1H3,(H,11,15);3-6H,1-2H3. The number of rotatable bonds is 2. The number of nitrogens with one attached hydrogen (secondary N) is 1. The molecule has 0 aliphatic carbocycles. The molecule has 1 amide bonds. The minimum absolute atomic E-state index is 0.181. The van der Waals surface area contributed by atoms with E-state index in [4.69, 9.17) is 0 Å². The highest BCUT2D eigenvalue weighted by Gasteiger charge is 2.09. The van der Waals surface area contributed by atoms with Crippen molar-refractivity contribution in [1.82, 2.24) is 19.9 Å². The third kappa shape index (κ3) is 4.63. The second kappa shape index (κ2) is 7.87. The van der Waals surface area contributed by atoms with E-state index in [0.717, 1.165) is 4.47 Å². The highest BCUT2D eigenvalue weighted by atomic mass is 79.9. The molecule has 3 aromatic rings. The molecule has 0 bridgehead atoms. The van der Waals surface area contributed by atoms with Crippen molar-refractivity contribution in [3.8, 4) is 0 Å². The van der Waals surface area contributed by atoms with E-state index in [1.165, 1.54) is 11.1 Å². The first-order valence-electron chi connectivity index (χ1n) is 7.32. The summed E-state index contributed by atoms with van der Waals surface area (Å²) in [6.07, 6.45) is 3.42. The van der Waals surface area contributed by atoms with Crippen molar-refractivity contribution >= 4 is 27.5 Å². The van der Waals surface area contributed by atoms with E-state index in [0.29, 0.717) is 17.9 Å². The average Bonchev–Trinajstić information content (AvgIpc) is 2.94. The lowest BCUT2D eigenvalue weighted by atomic mass is 10.1. The molecule has 0 atom stereocenters. The first kappa shape index (κ1) is 17.1. The van der Waals surface area contributed by atoms with Gasteiger partial charge in [0.05, 0.1) is 4.47 Å². The number of carbonyl (C=O) groups is 1. The Kier molecular flexibility index (Phi) is 5.87. The van der Waals surface area contributed by atoms with E-state index < -0.39 is 0 Å². The highest BCUT2D eigenvalue weighted by Crippen LogP contribution is 2.10. The summed E-state index contributed by atoms with van der Waals surface area (Å²) in [7, 11) is 0. The molecule has 0 spiro atoms. The van der Waals surface area contributed by atoms with Crippen molar-refractivity contribution in [2.45, 2.75) is 20.8 Å². The van der Waals surface area contributed by atoms with Gasteiger partial charge in [-0.25, -0.2) is 9.50 Å². The van der Waals surface area contributed by atoms with Crippen LogP contribution in [0.5, 0.6) is 0 Å². The molecule has 2 aromatic heterocycles. The van der Waals surface area contributed by atoms with Gasteiger partial charge < -0.3 is 5.32 Å². The Bertz CT molecular complexity index is 792. The third-order valence-corrected chi connectivity index (χ3v) is 3.69. The second-order valence-electron chi connectivity index (χ2n) is 5.05. The summed E-state index contributed by atoms with van der Waals surface area (Å²) in [5.41, 5.74) is 3.77. The van der Waals surface area contributed by atoms with E-state index in [9.17, 15) is 4.79 Å². The summed E-state index contributed by atoms with van der Waals surface area (Å²) >= 11 is 3.29. The largest absolute Gasteiger partial charge is 0.351 e. The summed E-state index contributed by atoms with van der Waals surface area (Å²) < 4.78 is 2.38. The van der Waals surface area contributed by atoms with Crippen LogP contribution in [0.25, 0.3) is 5.65 Å². The topological polar surface area (TPSA) is 59.3 Å². The van der Waals surface area contributed by atoms with Crippen LogP contribution in [0.2, 0.25) is 0 Å². The van der Waals surface area contributed by atoms with Crippen LogP contribution in [-0.2, 0) is 0 Å². The Morgan fingerprint density at radius 1 is 1.26 bits per heavy atom. The number of benzene rings is 1. The molecule has 23 heavy (non-hydrogen) atoms. The fourth-order valence-electron chi connectivity index (χ4n) is 1.88. The average molecular weight is 375 g/mol. The molecule has 0 fully saturated rings. The Hall–Kier alpha value is -2.21. The van der Waals surface area contributed by atoms with E-state index in [-0.39, 0.29) is 5.91 Å². The van der Waals surface area contributed by atoms with Gasteiger partial charge in [0.1, 0.15) is 0 Å². The number of hydrogen-bond acceptors (Lipinski definition) is 3. The first-order valence-corrected chi connectivity index (χ1v) is 8.12. The van der Waals surface area contributed by atoms with Gasteiger partial charge in [-0.3, -0.25) is 4.79 Å². The van der Waals surface area contributed by atoms with Crippen molar-refractivity contribution < 1.29 is 4.79 Å². The van der Waals surface area contributed by atoms with Gasteiger partial charge in [0, 0.05) is 25.0 Å². The lowest BCUT2D eigenvalue weighted by Crippen LogP contribution is -2.23. The van der Waals surface area contributed by atoms with Gasteiger partial charge in [-0.2, -0.15) is 5.10 Å². The third-order valence-electron chi connectivity index (χ3n) is 3.28. The van der Waals surface area contributed by atoms with Crippen LogP contribution in [0.15, 0.2) is 47.2 Å². The number of amides is 1. The van der Waals surface area contributed by atoms with E-state index in [1.807, 2.05) is 6.92 Å². The zero-order valence-corrected chi connectivity index (χ0v) is 15.0. The van der Waals surface area contributed by atoms with Crippen LogP contribution < -0.4 is 5.32 Å². The smallest absolute Gasteiger partial charge is 0.271 e. The molecular weight excluding hydrogens is 356 g/mol. The van der Waals surface area contributed by atoms with Gasteiger partial charge in [0.2, 0.25) is 0 Å².